The zero-order chi connectivity index (χ0) is 11.9. The van der Waals surface area contributed by atoms with E-state index in [1.54, 1.807) is 0 Å². The number of nitrogens with two attached hydrogens (primary N) is 1. The first kappa shape index (κ1) is 11.0. The second-order valence-corrected chi connectivity index (χ2v) is 3.45. The Kier molecular flexibility index (Phi) is 2.39. The predicted molar refractivity (Wildman–Crippen MR) is 48.9 cm³/mol. The molecule has 0 aliphatic carbocycles. The van der Waals surface area contributed by atoms with Gasteiger partial charge in [0, 0.05) is 6.20 Å². The zero-order valence-electron chi connectivity index (χ0n) is 8.01. The molecule has 16 heavy (non-hydrogen) atoms. The Morgan fingerprint density at radius 1 is 1.69 bits per heavy atom. The molecule has 1 fully saturated rings. The van der Waals surface area contributed by atoms with Crippen molar-refractivity contribution < 1.29 is 18.6 Å². The number of hydrogen-bond donors (Lipinski definition) is 2. The molecule has 1 saturated heterocycles. The van der Waals surface area contributed by atoms with Gasteiger partial charge in [-0.1, -0.05) is 0 Å². The Morgan fingerprint density at radius 3 is 2.88 bits per heavy atom. The lowest BCUT2D eigenvalue weighted by Gasteiger charge is -2.17. The summed E-state index contributed by atoms with van der Waals surface area (Å²) in [6.45, 7) is -0.935. The fraction of sp³-hybridized carbons (Fsp3) is 0.500. The Bertz CT molecular complexity index is 462. The van der Waals surface area contributed by atoms with Crippen molar-refractivity contribution in [3.8, 4) is 0 Å². The van der Waals surface area contributed by atoms with Gasteiger partial charge in [0.15, 0.2) is 12.3 Å². The normalized spacial score (nSPS) is 28.2. The van der Waals surface area contributed by atoms with Crippen molar-refractivity contribution in [3.05, 3.63) is 22.7 Å². The Labute approximate surface area is 88.3 Å². The monoisotopic (exact) mass is 233 g/mol. The van der Waals surface area contributed by atoms with Gasteiger partial charge >= 0.3 is 11.6 Å². The minimum atomic E-state index is -3.37. The van der Waals surface area contributed by atoms with Gasteiger partial charge in [-0.05, 0) is 6.07 Å². The van der Waals surface area contributed by atoms with Gasteiger partial charge in [-0.15, -0.1) is 0 Å². The molecule has 2 atom stereocenters. The summed E-state index contributed by atoms with van der Waals surface area (Å²) in [4.78, 5) is 14.7. The van der Waals surface area contributed by atoms with E-state index in [9.17, 15) is 18.7 Å². The molecule has 0 unspecified atom stereocenters. The number of rotatable bonds is 1. The number of nitrogen functional groups attached to an aromatic ring is 1. The van der Waals surface area contributed by atoms with E-state index in [1.807, 2.05) is 0 Å². The molecule has 3 N–H and O–H groups in total. The van der Waals surface area contributed by atoms with Crippen LogP contribution in [0.15, 0.2) is 17.1 Å². The number of halogens is 2. The summed E-state index contributed by atoms with van der Waals surface area (Å²) >= 11 is 0. The fourth-order valence-electron chi connectivity index (χ4n) is 1.43. The fourth-order valence-corrected chi connectivity index (χ4v) is 1.43. The van der Waals surface area contributed by atoms with Crippen molar-refractivity contribution in [3.63, 3.8) is 0 Å². The summed E-state index contributed by atoms with van der Waals surface area (Å²) in [5.41, 5.74) is 4.39. The van der Waals surface area contributed by atoms with Crippen LogP contribution in [0.4, 0.5) is 14.6 Å². The van der Waals surface area contributed by atoms with Crippen LogP contribution in [0.3, 0.4) is 0 Å². The molecule has 0 aromatic carbocycles. The SMILES string of the molecule is Nc1ccn([C@@H]2OCC(F)(F)[C@H]2O)c(=O)n1. The smallest absolute Gasteiger partial charge is 0.351 e. The van der Waals surface area contributed by atoms with Gasteiger partial charge in [0.05, 0.1) is 0 Å². The van der Waals surface area contributed by atoms with Crippen molar-refractivity contribution in [2.75, 3.05) is 12.3 Å². The lowest BCUT2D eigenvalue weighted by molar-refractivity contribution is -0.0886. The van der Waals surface area contributed by atoms with Crippen LogP contribution in [0.1, 0.15) is 6.23 Å². The second-order valence-electron chi connectivity index (χ2n) is 3.45. The summed E-state index contributed by atoms with van der Waals surface area (Å²) in [6.07, 6.45) is -2.36. The lowest BCUT2D eigenvalue weighted by Crippen LogP contribution is -2.38. The third-order valence-electron chi connectivity index (χ3n) is 2.28. The number of ether oxygens (including phenoxy) is 1. The molecule has 2 heterocycles. The third kappa shape index (κ3) is 1.65. The van der Waals surface area contributed by atoms with Crippen LogP contribution >= 0.6 is 0 Å². The zero-order valence-corrected chi connectivity index (χ0v) is 8.01. The molecule has 1 aromatic heterocycles. The first-order valence-corrected chi connectivity index (χ1v) is 4.44. The maximum atomic E-state index is 12.9. The summed E-state index contributed by atoms with van der Waals surface area (Å²) in [7, 11) is 0. The number of nitrogens with zero attached hydrogens (tertiary/aromatic N) is 2. The van der Waals surface area contributed by atoms with Gasteiger partial charge in [0.1, 0.15) is 12.4 Å². The van der Waals surface area contributed by atoms with E-state index in [-0.39, 0.29) is 5.82 Å². The minimum absolute atomic E-state index is 0.0273. The van der Waals surface area contributed by atoms with Crippen molar-refractivity contribution >= 4 is 5.82 Å². The van der Waals surface area contributed by atoms with Crippen molar-refractivity contribution in [2.24, 2.45) is 0 Å². The molecule has 0 amide bonds. The Morgan fingerprint density at radius 2 is 2.38 bits per heavy atom. The first-order valence-electron chi connectivity index (χ1n) is 4.44. The van der Waals surface area contributed by atoms with Crippen LogP contribution in [0, 0.1) is 0 Å². The Balaban J connectivity index is 2.36. The molecule has 2 rings (SSSR count). The van der Waals surface area contributed by atoms with Gasteiger partial charge in [-0.25, -0.2) is 13.6 Å². The maximum absolute atomic E-state index is 12.9. The highest BCUT2D eigenvalue weighted by atomic mass is 19.3. The lowest BCUT2D eigenvalue weighted by atomic mass is 10.2. The van der Waals surface area contributed by atoms with E-state index in [2.05, 4.69) is 9.72 Å². The average Bonchev–Trinajstić information content (AvgIpc) is 2.44. The van der Waals surface area contributed by atoms with Crippen molar-refractivity contribution in [1.82, 2.24) is 9.55 Å². The van der Waals surface area contributed by atoms with Crippen LogP contribution in [0.2, 0.25) is 0 Å². The molecule has 6 nitrogen and oxygen atoms in total. The quantitative estimate of drug-likeness (QED) is 0.672. The topological polar surface area (TPSA) is 90.4 Å². The highest BCUT2D eigenvalue weighted by Crippen LogP contribution is 2.34. The van der Waals surface area contributed by atoms with Gasteiger partial charge in [0.25, 0.3) is 0 Å². The van der Waals surface area contributed by atoms with Crippen LogP contribution in [-0.2, 0) is 4.74 Å². The van der Waals surface area contributed by atoms with Gasteiger partial charge < -0.3 is 15.6 Å². The Hall–Kier alpha value is -1.54. The van der Waals surface area contributed by atoms with Crippen LogP contribution < -0.4 is 11.4 Å². The predicted octanol–water partition coefficient (Wildman–Crippen LogP) is -0.649. The molecular formula is C8H9F2N3O3. The van der Waals surface area contributed by atoms with Gasteiger partial charge in [0.2, 0.25) is 0 Å². The number of alkyl halides is 2. The number of hydrogen-bond acceptors (Lipinski definition) is 5. The number of aliphatic hydroxyl groups is 1. The van der Waals surface area contributed by atoms with Crippen LogP contribution in [0.5, 0.6) is 0 Å². The number of aliphatic hydroxyl groups excluding tert-OH is 1. The number of aromatic nitrogens is 2. The molecule has 88 valence electrons. The molecule has 0 saturated carbocycles. The van der Waals surface area contributed by atoms with Crippen molar-refractivity contribution in [1.29, 1.82) is 0 Å². The van der Waals surface area contributed by atoms with E-state index in [1.165, 1.54) is 6.07 Å². The van der Waals surface area contributed by atoms with Crippen molar-refractivity contribution in [2.45, 2.75) is 18.3 Å². The first-order chi connectivity index (χ1) is 7.42. The summed E-state index contributed by atoms with van der Waals surface area (Å²) in [5.74, 6) is -3.40. The van der Waals surface area contributed by atoms with E-state index in [0.29, 0.717) is 0 Å². The van der Waals surface area contributed by atoms with Crippen LogP contribution in [0.25, 0.3) is 0 Å². The molecule has 1 aliphatic heterocycles. The summed E-state index contributed by atoms with van der Waals surface area (Å²) in [6, 6.07) is 1.26. The third-order valence-corrected chi connectivity index (χ3v) is 2.28. The number of anilines is 1. The summed E-state index contributed by atoms with van der Waals surface area (Å²) in [5, 5.41) is 9.27. The molecule has 1 aliphatic rings. The standard InChI is InChI=1S/C8H9F2N3O3/c9-8(10)3-16-6(5(8)14)13-2-1-4(11)12-7(13)15/h1-2,5-6,14H,3H2,(H2,11,12,15)/t5-,6+/m0/s1. The van der Waals surface area contributed by atoms with Gasteiger partial charge in [-0.3, -0.25) is 4.57 Å². The van der Waals surface area contributed by atoms with E-state index in [4.69, 9.17) is 5.73 Å². The molecule has 0 bridgehead atoms. The molecular weight excluding hydrogens is 224 g/mol. The maximum Gasteiger partial charge on any atom is 0.351 e. The second kappa shape index (κ2) is 3.49. The molecule has 0 radical (unpaired) electrons. The van der Waals surface area contributed by atoms with E-state index in [0.717, 1.165) is 10.8 Å². The highest BCUT2D eigenvalue weighted by molar-refractivity contribution is 5.23. The van der Waals surface area contributed by atoms with E-state index < -0.39 is 30.6 Å². The average molecular weight is 233 g/mol. The highest BCUT2D eigenvalue weighted by Gasteiger charge is 2.51. The molecule has 0 spiro atoms. The van der Waals surface area contributed by atoms with E-state index >= 15 is 0 Å². The van der Waals surface area contributed by atoms with Gasteiger partial charge in [-0.2, -0.15) is 4.98 Å². The molecule has 8 heteroatoms. The van der Waals surface area contributed by atoms with Crippen LogP contribution in [-0.4, -0.2) is 33.3 Å². The molecule has 1 aromatic rings. The summed E-state index contributed by atoms with van der Waals surface area (Å²) < 4.78 is 31.3. The minimum Gasteiger partial charge on any atom is -0.383 e. The largest absolute Gasteiger partial charge is 0.383 e.